The van der Waals surface area contributed by atoms with E-state index in [1.807, 2.05) is 7.05 Å². The van der Waals surface area contributed by atoms with Crippen molar-refractivity contribution in [2.45, 2.75) is 49.8 Å². The van der Waals surface area contributed by atoms with E-state index >= 15 is 0 Å². The van der Waals surface area contributed by atoms with Gasteiger partial charge in [0.15, 0.2) is 11.0 Å². The summed E-state index contributed by atoms with van der Waals surface area (Å²) in [7, 11) is 1.81. The molecule has 1 fully saturated rings. The van der Waals surface area contributed by atoms with E-state index in [-0.39, 0.29) is 24.1 Å². The molecule has 0 spiro atoms. The van der Waals surface area contributed by atoms with Crippen LogP contribution in [0.15, 0.2) is 29.4 Å². The number of hydrogen-bond acceptors (Lipinski definition) is 8. The molecule has 11 heteroatoms. The highest BCUT2D eigenvalue weighted by Crippen LogP contribution is 2.35. The lowest BCUT2D eigenvalue weighted by Gasteiger charge is -2.18. The number of nitrogens with zero attached hydrogens (tertiary/aromatic N) is 5. The molecular formula is C20H23FN6O2S2. The molecular weight excluding hydrogens is 439 g/mol. The lowest BCUT2D eigenvalue weighted by atomic mass is 9.90. The van der Waals surface area contributed by atoms with Crippen LogP contribution in [0, 0.1) is 5.82 Å². The zero-order valence-corrected chi connectivity index (χ0v) is 18.7. The average Bonchev–Trinajstić information content (AvgIpc) is 3.39. The second kappa shape index (κ2) is 10.2. The Kier molecular flexibility index (Phi) is 7.13. The summed E-state index contributed by atoms with van der Waals surface area (Å²) in [6.45, 7) is 0.191. The number of carbonyl (C=O) groups is 1. The van der Waals surface area contributed by atoms with Crippen molar-refractivity contribution in [3.63, 3.8) is 0 Å². The Labute approximate surface area is 187 Å². The normalized spacial score (nSPS) is 14.5. The van der Waals surface area contributed by atoms with E-state index in [1.165, 1.54) is 54.5 Å². The number of anilines is 1. The highest BCUT2D eigenvalue weighted by molar-refractivity contribution is 7.99. The zero-order valence-electron chi connectivity index (χ0n) is 17.1. The SMILES string of the molecule is Cn1c(COc2ccc(F)cc2)nnc1SCC(=O)Nc1nnc(C2CCCCC2)s1. The summed E-state index contributed by atoms with van der Waals surface area (Å²) in [5.74, 6) is 1.32. The highest BCUT2D eigenvalue weighted by atomic mass is 32.2. The zero-order chi connectivity index (χ0) is 21.6. The van der Waals surface area contributed by atoms with Crippen LogP contribution in [-0.4, -0.2) is 36.6 Å². The fourth-order valence-corrected chi connectivity index (χ4v) is 5.02. The van der Waals surface area contributed by atoms with Crippen molar-refractivity contribution >= 4 is 34.1 Å². The van der Waals surface area contributed by atoms with Gasteiger partial charge in [-0.3, -0.25) is 10.1 Å². The minimum absolute atomic E-state index is 0.163. The summed E-state index contributed by atoms with van der Waals surface area (Å²) >= 11 is 2.75. The number of ether oxygens (including phenoxy) is 1. The maximum Gasteiger partial charge on any atom is 0.236 e. The fourth-order valence-electron chi connectivity index (χ4n) is 3.36. The topological polar surface area (TPSA) is 94.8 Å². The van der Waals surface area contributed by atoms with Crippen LogP contribution in [0.5, 0.6) is 5.75 Å². The Morgan fingerprint density at radius 2 is 1.97 bits per heavy atom. The number of carbonyl (C=O) groups excluding carboxylic acids is 1. The molecule has 4 rings (SSSR count). The molecule has 3 aromatic rings. The molecule has 0 bridgehead atoms. The molecule has 0 radical (unpaired) electrons. The van der Waals surface area contributed by atoms with Gasteiger partial charge in [-0.2, -0.15) is 0 Å². The number of benzene rings is 1. The van der Waals surface area contributed by atoms with Crippen molar-refractivity contribution in [2.75, 3.05) is 11.1 Å². The minimum Gasteiger partial charge on any atom is -0.486 e. The largest absolute Gasteiger partial charge is 0.486 e. The smallest absolute Gasteiger partial charge is 0.236 e. The number of rotatable bonds is 8. The van der Waals surface area contributed by atoms with Crippen LogP contribution < -0.4 is 10.1 Å². The number of thioether (sulfide) groups is 1. The van der Waals surface area contributed by atoms with Gasteiger partial charge in [-0.05, 0) is 37.1 Å². The summed E-state index contributed by atoms with van der Waals surface area (Å²) in [5, 5.41) is 21.6. The predicted molar refractivity (Wildman–Crippen MR) is 117 cm³/mol. The Morgan fingerprint density at radius 1 is 1.19 bits per heavy atom. The molecule has 1 saturated carbocycles. The van der Waals surface area contributed by atoms with Gasteiger partial charge < -0.3 is 9.30 Å². The molecule has 0 unspecified atom stereocenters. The number of nitrogens with one attached hydrogen (secondary N) is 1. The van der Waals surface area contributed by atoms with Gasteiger partial charge in [-0.15, -0.1) is 20.4 Å². The van der Waals surface area contributed by atoms with Gasteiger partial charge in [-0.1, -0.05) is 42.4 Å². The molecule has 1 aliphatic rings. The number of aromatic nitrogens is 5. The third-order valence-corrected chi connectivity index (χ3v) is 7.10. The molecule has 1 aliphatic carbocycles. The van der Waals surface area contributed by atoms with Crippen LogP contribution in [-0.2, 0) is 18.4 Å². The first-order valence-corrected chi connectivity index (χ1v) is 11.9. The van der Waals surface area contributed by atoms with E-state index in [0.29, 0.717) is 27.8 Å². The first-order valence-electron chi connectivity index (χ1n) is 10.1. The molecule has 0 saturated heterocycles. The molecule has 2 heterocycles. The van der Waals surface area contributed by atoms with Gasteiger partial charge in [0.05, 0.1) is 5.75 Å². The number of hydrogen-bond donors (Lipinski definition) is 1. The second-order valence-electron chi connectivity index (χ2n) is 7.32. The van der Waals surface area contributed by atoms with Crippen molar-refractivity contribution < 1.29 is 13.9 Å². The molecule has 1 aromatic carbocycles. The van der Waals surface area contributed by atoms with Gasteiger partial charge in [0.25, 0.3) is 0 Å². The maximum absolute atomic E-state index is 13.0. The lowest BCUT2D eigenvalue weighted by Crippen LogP contribution is -2.14. The van der Waals surface area contributed by atoms with E-state index in [2.05, 4.69) is 25.7 Å². The van der Waals surface area contributed by atoms with Crippen molar-refractivity contribution in [1.82, 2.24) is 25.0 Å². The van der Waals surface area contributed by atoms with Crippen molar-refractivity contribution in [3.8, 4) is 5.75 Å². The Hall–Kier alpha value is -2.53. The molecule has 1 N–H and O–H groups in total. The van der Waals surface area contributed by atoms with Crippen LogP contribution in [0.4, 0.5) is 9.52 Å². The number of amides is 1. The molecule has 8 nitrogen and oxygen atoms in total. The average molecular weight is 463 g/mol. The monoisotopic (exact) mass is 462 g/mol. The minimum atomic E-state index is -0.318. The predicted octanol–water partition coefficient (Wildman–Crippen LogP) is 4.16. The molecule has 1 amide bonds. The Balaban J connectivity index is 1.26. The molecule has 0 aliphatic heterocycles. The van der Waals surface area contributed by atoms with Crippen molar-refractivity contribution in [2.24, 2.45) is 7.05 Å². The van der Waals surface area contributed by atoms with Gasteiger partial charge in [-0.25, -0.2) is 4.39 Å². The standard InChI is InChI=1S/C20H23FN6O2S2/c1-27-16(11-29-15-9-7-14(21)8-10-15)23-26-20(27)30-12-17(28)22-19-25-24-18(31-19)13-5-3-2-4-6-13/h7-10,13H,2-6,11-12H2,1H3,(H,22,25,28). The molecule has 0 atom stereocenters. The molecule has 164 valence electrons. The summed E-state index contributed by atoms with van der Waals surface area (Å²) in [6.07, 6.45) is 6.06. The van der Waals surface area contributed by atoms with Gasteiger partial charge in [0, 0.05) is 13.0 Å². The van der Waals surface area contributed by atoms with Crippen LogP contribution in [0.1, 0.15) is 48.9 Å². The number of halogens is 1. The summed E-state index contributed by atoms with van der Waals surface area (Å²) < 4.78 is 20.3. The second-order valence-corrected chi connectivity index (χ2v) is 9.27. The quantitative estimate of drug-likeness (QED) is 0.502. The van der Waals surface area contributed by atoms with Gasteiger partial charge in [0.2, 0.25) is 11.0 Å². The van der Waals surface area contributed by atoms with Crippen molar-refractivity contribution in [1.29, 1.82) is 0 Å². The van der Waals surface area contributed by atoms with E-state index in [9.17, 15) is 9.18 Å². The first-order chi connectivity index (χ1) is 15.1. The fraction of sp³-hybridized carbons (Fsp3) is 0.450. The Bertz CT molecular complexity index is 1020. The summed E-state index contributed by atoms with van der Waals surface area (Å²) in [5.41, 5.74) is 0. The van der Waals surface area contributed by atoms with Crippen LogP contribution in [0.25, 0.3) is 0 Å². The van der Waals surface area contributed by atoms with Crippen LogP contribution in [0.2, 0.25) is 0 Å². The summed E-state index contributed by atoms with van der Waals surface area (Å²) in [4.78, 5) is 12.3. The van der Waals surface area contributed by atoms with Gasteiger partial charge >= 0.3 is 0 Å². The van der Waals surface area contributed by atoms with Gasteiger partial charge in [0.1, 0.15) is 23.2 Å². The van der Waals surface area contributed by atoms with E-state index in [0.717, 1.165) is 17.8 Å². The molecule has 2 aromatic heterocycles. The third-order valence-electron chi connectivity index (χ3n) is 5.08. The van der Waals surface area contributed by atoms with Crippen molar-refractivity contribution in [3.05, 3.63) is 40.9 Å². The molecule has 31 heavy (non-hydrogen) atoms. The third kappa shape index (κ3) is 5.79. The first kappa shape index (κ1) is 21.7. The van der Waals surface area contributed by atoms with E-state index in [1.54, 1.807) is 16.7 Å². The highest BCUT2D eigenvalue weighted by Gasteiger charge is 2.20. The maximum atomic E-state index is 13.0. The van der Waals surface area contributed by atoms with E-state index in [4.69, 9.17) is 4.74 Å². The van der Waals surface area contributed by atoms with Crippen LogP contribution in [0.3, 0.4) is 0 Å². The van der Waals surface area contributed by atoms with E-state index < -0.39 is 0 Å². The van der Waals surface area contributed by atoms with Crippen LogP contribution >= 0.6 is 23.1 Å². The Morgan fingerprint density at radius 3 is 2.74 bits per heavy atom. The summed E-state index contributed by atoms with van der Waals surface area (Å²) in [6, 6.07) is 5.78. The lowest BCUT2D eigenvalue weighted by molar-refractivity contribution is -0.113.